The van der Waals surface area contributed by atoms with Crippen LogP contribution < -0.4 is 10.6 Å². The first-order valence-corrected chi connectivity index (χ1v) is 8.37. The summed E-state index contributed by atoms with van der Waals surface area (Å²) in [7, 11) is 0. The van der Waals surface area contributed by atoms with Crippen molar-refractivity contribution in [3.63, 3.8) is 0 Å². The summed E-state index contributed by atoms with van der Waals surface area (Å²) in [4.78, 5) is 8.36. The zero-order valence-corrected chi connectivity index (χ0v) is 14.0. The third kappa shape index (κ3) is 5.92. The van der Waals surface area contributed by atoms with E-state index in [1.807, 2.05) is 0 Å². The average molecular weight is 296 g/mol. The van der Waals surface area contributed by atoms with Crippen molar-refractivity contribution < 1.29 is 0 Å². The molecule has 4 nitrogen and oxygen atoms in total. The highest BCUT2D eigenvalue weighted by molar-refractivity contribution is 7.09. The molecule has 1 atom stereocenters. The van der Waals surface area contributed by atoms with Gasteiger partial charge in [0.1, 0.15) is 0 Å². The lowest BCUT2D eigenvalue weighted by molar-refractivity contribution is 0.231. The molecule has 0 aromatic carbocycles. The van der Waals surface area contributed by atoms with Gasteiger partial charge in [-0.15, -0.1) is 11.3 Å². The third-order valence-corrected chi connectivity index (χ3v) is 4.18. The van der Waals surface area contributed by atoms with Crippen molar-refractivity contribution >= 4 is 17.3 Å². The summed E-state index contributed by atoms with van der Waals surface area (Å²) >= 11 is 1.75. The number of nitrogens with one attached hydrogen (secondary N) is 2. The fourth-order valence-electron chi connectivity index (χ4n) is 2.12. The number of hydrogen-bond donors (Lipinski definition) is 2. The minimum Gasteiger partial charge on any atom is -0.357 e. The molecule has 5 heteroatoms. The Morgan fingerprint density at radius 3 is 2.60 bits per heavy atom. The van der Waals surface area contributed by atoms with Gasteiger partial charge in [0.25, 0.3) is 0 Å². The molecule has 0 spiro atoms. The second kappa shape index (κ2) is 9.77. The molecule has 1 aromatic rings. The molecule has 0 amide bonds. The van der Waals surface area contributed by atoms with Gasteiger partial charge in [-0.25, -0.2) is 4.99 Å². The number of likely N-dealkylation sites (N-methyl/N-ethyl adjacent to an activating group) is 1. The van der Waals surface area contributed by atoms with Gasteiger partial charge in [0.05, 0.1) is 6.54 Å². The van der Waals surface area contributed by atoms with E-state index in [0.29, 0.717) is 6.04 Å². The molecule has 0 aliphatic heterocycles. The smallest absolute Gasteiger partial charge is 0.191 e. The van der Waals surface area contributed by atoms with E-state index < -0.39 is 0 Å². The highest BCUT2D eigenvalue weighted by Crippen LogP contribution is 2.09. The van der Waals surface area contributed by atoms with Crippen molar-refractivity contribution in [1.82, 2.24) is 15.5 Å². The number of nitrogens with zero attached hydrogens (tertiary/aromatic N) is 2. The van der Waals surface area contributed by atoms with Crippen LogP contribution in [0.3, 0.4) is 0 Å². The van der Waals surface area contributed by atoms with Crippen LogP contribution in [0.15, 0.2) is 22.5 Å². The van der Waals surface area contributed by atoms with E-state index in [2.05, 4.69) is 65.7 Å². The predicted octanol–water partition coefficient (Wildman–Crippen LogP) is 2.53. The SMILES string of the molecule is CCNC(=NCc1cccs1)NCC(C)N(CC)CC. The average Bonchev–Trinajstić information content (AvgIpc) is 2.96. The highest BCUT2D eigenvalue weighted by atomic mass is 32.1. The van der Waals surface area contributed by atoms with Crippen molar-refractivity contribution in [2.75, 3.05) is 26.2 Å². The maximum atomic E-state index is 4.63. The lowest BCUT2D eigenvalue weighted by Crippen LogP contribution is -2.45. The van der Waals surface area contributed by atoms with E-state index in [1.165, 1.54) is 4.88 Å². The Balaban J connectivity index is 2.47. The molecule has 2 N–H and O–H groups in total. The number of hydrogen-bond acceptors (Lipinski definition) is 3. The molecule has 0 radical (unpaired) electrons. The first-order chi connectivity index (χ1) is 9.71. The monoisotopic (exact) mass is 296 g/mol. The van der Waals surface area contributed by atoms with E-state index in [-0.39, 0.29) is 0 Å². The first kappa shape index (κ1) is 17.0. The number of thiophene rings is 1. The van der Waals surface area contributed by atoms with Gasteiger partial charge in [-0.1, -0.05) is 19.9 Å². The molecule has 1 aromatic heterocycles. The van der Waals surface area contributed by atoms with Crippen molar-refractivity contribution in [2.24, 2.45) is 4.99 Å². The largest absolute Gasteiger partial charge is 0.357 e. The van der Waals surface area contributed by atoms with E-state index >= 15 is 0 Å². The normalized spacial score (nSPS) is 13.6. The lowest BCUT2D eigenvalue weighted by Gasteiger charge is -2.27. The van der Waals surface area contributed by atoms with Gasteiger partial charge < -0.3 is 10.6 Å². The van der Waals surface area contributed by atoms with Crippen molar-refractivity contribution in [3.05, 3.63) is 22.4 Å². The molecule has 1 unspecified atom stereocenters. The summed E-state index contributed by atoms with van der Waals surface area (Å²) in [5.74, 6) is 0.903. The first-order valence-electron chi connectivity index (χ1n) is 7.49. The Bertz CT molecular complexity index is 371. The topological polar surface area (TPSA) is 39.7 Å². The quantitative estimate of drug-likeness (QED) is 0.572. The van der Waals surface area contributed by atoms with E-state index in [9.17, 15) is 0 Å². The second-order valence-corrected chi connectivity index (χ2v) is 5.76. The van der Waals surface area contributed by atoms with Gasteiger partial charge >= 0.3 is 0 Å². The Morgan fingerprint density at radius 1 is 1.30 bits per heavy atom. The standard InChI is InChI=1S/C15H28N4S/c1-5-16-15(18-12-14-9-8-10-20-14)17-11-13(4)19(6-2)7-3/h8-10,13H,5-7,11-12H2,1-4H3,(H2,16,17,18). The zero-order chi connectivity index (χ0) is 14.8. The molecule has 0 aliphatic carbocycles. The van der Waals surface area contributed by atoms with Gasteiger partial charge in [-0.3, -0.25) is 4.90 Å². The van der Waals surface area contributed by atoms with Crippen LogP contribution in [-0.4, -0.2) is 43.1 Å². The summed E-state index contributed by atoms with van der Waals surface area (Å²) < 4.78 is 0. The van der Waals surface area contributed by atoms with E-state index in [1.54, 1.807) is 11.3 Å². The van der Waals surface area contributed by atoms with E-state index in [4.69, 9.17) is 0 Å². The van der Waals surface area contributed by atoms with Gasteiger partial charge in [0, 0.05) is 24.0 Å². The van der Waals surface area contributed by atoms with Crippen LogP contribution in [0, 0.1) is 0 Å². The molecule has 20 heavy (non-hydrogen) atoms. The number of rotatable bonds is 8. The Hall–Kier alpha value is -1.07. The van der Waals surface area contributed by atoms with Crippen LogP contribution >= 0.6 is 11.3 Å². The summed E-state index contributed by atoms with van der Waals surface area (Å²) in [6.45, 7) is 13.5. The Labute approximate surface area is 127 Å². The third-order valence-electron chi connectivity index (χ3n) is 3.32. The summed E-state index contributed by atoms with van der Waals surface area (Å²) in [5, 5.41) is 8.83. The predicted molar refractivity (Wildman–Crippen MR) is 89.5 cm³/mol. The molecule has 0 saturated heterocycles. The molecule has 0 aliphatic rings. The van der Waals surface area contributed by atoms with E-state index in [0.717, 1.165) is 38.7 Å². The molecule has 1 heterocycles. The number of guanidine groups is 1. The lowest BCUT2D eigenvalue weighted by atomic mass is 10.3. The van der Waals surface area contributed by atoms with Crippen LogP contribution in [0.2, 0.25) is 0 Å². The number of aliphatic imine (C=N–C) groups is 1. The fourth-order valence-corrected chi connectivity index (χ4v) is 2.75. The summed E-state index contributed by atoms with van der Waals surface area (Å²) in [6, 6.07) is 4.70. The minimum absolute atomic E-state index is 0.510. The van der Waals surface area contributed by atoms with Crippen LogP contribution in [0.1, 0.15) is 32.6 Å². The molecular formula is C15H28N4S. The molecule has 0 saturated carbocycles. The summed E-state index contributed by atoms with van der Waals surface area (Å²) in [5.41, 5.74) is 0. The molecular weight excluding hydrogens is 268 g/mol. The molecule has 0 fully saturated rings. The van der Waals surface area contributed by atoms with Gasteiger partial charge in [-0.05, 0) is 38.4 Å². The fraction of sp³-hybridized carbons (Fsp3) is 0.667. The van der Waals surface area contributed by atoms with Crippen LogP contribution in [0.4, 0.5) is 0 Å². The van der Waals surface area contributed by atoms with Crippen molar-refractivity contribution in [2.45, 2.75) is 40.3 Å². The van der Waals surface area contributed by atoms with Crippen LogP contribution in [0.25, 0.3) is 0 Å². The van der Waals surface area contributed by atoms with Gasteiger partial charge in [0.2, 0.25) is 0 Å². The van der Waals surface area contributed by atoms with Crippen LogP contribution in [-0.2, 0) is 6.54 Å². The molecule has 1 rings (SSSR count). The highest BCUT2D eigenvalue weighted by Gasteiger charge is 2.10. The maximum Gasteiger partial charge on any atom is 0.191 e. The second-order valence-electron chi connectivity index (χ2n) is 4.73. The Kier molecular flexibility index (Phi) is 8.30. The van der Waals surface area contributed by atoms with Crippen molar-refractivity contribution in [3.8, 4) is 0 Å². The summed E-state index contributed by atoms with van der Waals surface area (Å²) in [6.07, 6.45) is 0. The molecule has 0 bridgehead atoms. The van der Waals surface area contributed by atoms with Gasteiger partial charge in [0.15, 0.2) is 5.96 Å². The van der Waals surface area contributed by atoms with Crippen molar-refractivity contribution in [1.29, 1.82) is 0 Å². The Morgan fingerprint density at radius 2 is 2.05 bits per heavy atom. The van der Waals surface area contributed by atoms with Gasteiger partial charge in [-0.2, -0.15) is 0 Å². The zero-order valence-electron chi connectivity index (χ0n) is 13.1. The maximum absolute atomic E-state index is 4.63. The minimum atomic E-state index is 0.510. The molecule has 114 valence electrons. The van der Waals surface area contributed by atoms with Crippen LogP contribution in [0.5, 0.6) is 0 Å².